The molecule has 24 heavy (non-hydrogen) atoms. The van der Waals surface area contributed by atoms with Crippen LogP contribution in [0.5, 0.6) is 0 Å². The molecule has 0 fully saturated rings. The Bertz CT molecular complexity index is 819. The molecule has 0 aliphatic rings. The average molecular weight is 379 g/mol. The van der Waals surface area contributed by atoms with E-state index in [9.17, 15) is 4.79 Å². The Morgan fingerprint density at radius 2 is 1.96 bits per heavy atom. The quantitative estimate of drug-likeness (QED) is 0.618. The topological polar surface area (TPSA) is 76.2 Å². The van der Waals surface area contributed by atoms with Gasteiger partial charge in [-0.2, -0.15) is 0 Å². The molecule has 7 heteroatoms. The lowest BCUT2D eigenvalue weighted by molar-refractivity contribution is 0.0702. The zero-order valence-corrected chi connectivity index (χ0v) is 15.2. The van der Waals surface area contributed by atoms with Gasteiger partial charge in [-0.25, -0.2) is 4.79 Å². The van der Waals surface area contributed by atoms with Gasteiger partial charge in [-0.3, -0.25) is 10.1 Å². The molecule has 0 saturated heterocycles. The zero-order chi connectivity index (χ0) is 17.5. The van der Waals surface area contributed by atoms with Crippen LogP contribution in [0.2, 0.25) is 5.02 Å². The van der Waals surface area contributed by atoms with Crippen LogP contribution in [0, 0.1) is 6.92 Å². The summed E-state index contributed by atoms with van der Waals surface area (Å²) >= 11 is 8.19. The minimum Gasteiger partial charge on any atom is -0.477 e. The first-order chi connectivity index (χ1) is 11.5. The van der Waals surface area contributed by atoms with E-state index in [0.29, 0.717) is 9.90 Å². The third-order valence-electron chi connectivity index (χ3n) is 3.02. The highest BCUT2D eigenvalue weighted by atomic mass is 35.5. The number of aromatic carboxylic acids is 1. The maximum absolute atomic E-state index is 10.7. The second kappa shape index (κ2) is 8.84. The molecule has 0 unspecified atom stereocenters. The Morgan fingerprint density at radius 3 is 2.46 bits per heavy atom. The summed E-state index contributed by atoms with van der Waals surface area (Å²) in [5.74, 6) is -0.916. The van der Waals surface area contributed by atoms with E-state index in [-0.39, 0.29) is 0 Å². The molecule has 2 heterocycles. The molecule has 0 bridgehead atoms. The van der Waals surface area contributed by atoms with Crippen molar-refractivity contribution in [3.8, 4) is 10.6 Å². The molecule has 3 N–H and O–H groups in total. The normalized spacial score (nSPS) is 9.96. The van der Waals surface area contributed by atoms with Crippen molar-refractivity contribution >= 4 is 40.9 Å². The number of benzene rings is 1. The fourth-order valence-corrected chi connectivity index (χ4v) is 3.15. The third kappa shape index (κ3) is 5.07. The van der Waals surface area contributed by atoms with Gasteiger partial charge >= 0.3 is 5.97 Å². The number of nitrogens with two attached hydrogens (primary N) is 1. The average Bonchev–Trinajstić information content (AvgIpc) is 3.07. The van der Waals surface area contributed by atoms with E-state index in [1.54, 1.807) is 24.3 Å². The standard InChI is InChI=1S/C10H6ClNO2S.C7H9NS/c11-6-1-2-7(12-5-6)8-3-4-9(15-8)10(13)14;1-6-4-2-3-5-7(6)9-8/h1-5H,(H,13,14);2-5H,8H2,1H3. The SMILES string of the molecule is Cc1ccccc1SN.O=C(O)c1ccc(-c2ccc(Cl)cn2)s1. The van der Waals surface area contributed by atoms with Crippen molar-refractivity contribution < 1.29 is 9.90 Å². The molecule has 0 aliphatic heterocycles. The van der Waals surface area contributed by atoms with Crippen molar-refractivity contribution in [3.63, 3.8) is 0 Å². The van der Waals surface area contributed by atoms with Crippen LogP contribution in [0.25, 0.3) is 10.6 Å². The molecular weight excluding hydrogens is 364 g/mol. The Hall–Kier alpha value is -1.86. The first kappa shape index (κ1) is 18.5. The third-order valence-corrected chi connectivity index (χ3v) is 5.05. The van der Waals surface area contributed by atoms with Gasteiger partial charge in [0.15, 0.2) is 0 Å². The summed E-state index contributed by atoms with van der Waals surface area (Å²) in [5.41, 5.74) is 1.97. The van der Waals surface area contributed by atoms with Crippen LogP contribution < -0.4 is 5.14 Å². The van der Waals surface area contributed by atoms with Crippen LogP contribution in [0.15, 0.2) is 59.6 Å². The summed E-state index contributed by atoms with van der Waals surface area (Å²) in [5, 5.41) is 14.7. The summed E-state index contributed by atoms with van der Waals surface area (Å²) in [4.78, 5) is 17.1. The van der Waals surface area contributed by atoms with Crippen LogP contribution in [-0.4, -0.2) is 16.1 Å². The number of carbonyl (C=O) groups is 1. The Morgan fingerprint density at radius 1 is 1.21 bits per heavy atom. The van der Waals surface area contributed by atoms with E-state index in [0.717, 1.165) is 15.5 Å². The second-order valence-electron chi connectivity index (χ2n) is 4.71. The molecule has 1 aromatic carbocycles. The first-order valence-electron chi connectivity index (χ1n) is 6.88. The number of rotatable bonds is 3. The molecule has 3 rings (SSSR count). The van der Waals surface area contributed by atoms with Crippen molar-refractivity contribution in [2.75, 3.05) is 0 Å². The summed E-state index contributed by atoms with van der Waals surface area (Å²) < 4.78 is 0. The minimum absolute atomic E-state index is 0.307. The number of carboxylic acid groups (broad SMARTS) is 1. The Balaban J connectivity index is 0.000000198. The van der Waals surface area contributed by atoms with Crippen LogP contribution in [0.4, 0.5) is 0 Å². The Kier molecular flexibility index (Phi) is 6.81. The number of thiophene rings is 1. The lowest BCUT2D eigenvalue weighted by Crippen LogP contribution is -1.89. The summed E-state index contributed by atoms with van der Waals surface area (Å²) in [6, 6.07) is 14.9. The van der Waals surface area contributed by atoms with Crippen LogP contribution in [-0.2, 0) is 0 Å². The van der Waals surface area contributed by atoms with Gasteiger partial charge in [0.25, 0.3) is 0 Å². The van der Waals surface area contributed by atoms with Crippen molar-refractivity contribution in [1.29, 1.82) is 0 Å². The fraction of sp³-hybridized carbons (Fsp3) is 0.0588. The van der Waals surface area contributed by atoms with Gasteiger partial charge in [0.05, 0.1) is 15.6 Å². The van der Waals surface area contributed by atoms with Gasteiger partial charge in [0.1, 0.15) is 4.88 Å². The highest BCUT2D eigenvalue weighted by molar-refractivity contribution is 7.97. The number of nitrogens with zero attached hydrogens (tertiary/aromatic N) is 1. The Labute approximate surface area is 153 Å². The van der Waals surface area contributed by atoms with E-state index in [1.165, 1.54) is 35.0 Å². The van der Waals surface area contributed by atoms with Crippen LogP contribution in [0.1, 0.15) is 15.2 Å². The van der Waals surface area contributed by atoms with Crippen molar-refractivity contribution in [1.82, 2.24) is 4.98 Å². The zero-order valence-electron chi connectivity index (χ0n) is 12.8. The lowest BCUT2D eigenvalue weighted by atomic mass is 10.2. The molecule has 124 valence electrons. The number of carboxylic acids is 1. The number of hydrogen-bond donors (Lipinski definition) is 2. The maximum Gasteiger partial charge on any atom is 0.345 e. The number of hydrogen-bond acceptors (Lipinski definition) is 5. The predicted molar refractivity (Wildman–Crippen MR) is 101 cm³/mol. The van der Waals surface area contributed by atoms with Gasteiger partial charge in [-0.1, -0.05) is 29.8 Å². The van der Waals surface area contributed by atoms with Crippen molar-refractivity contribution in [2.45, 2.75) is 11.8 Å². The predicted octanol–water partition coefficient (Wildman–Crippen LogP) is 5.12. The summed E-state index contributed by atoms with van der Waals surface area (Å²) in [6.07, 6.45) is 1.54. The molecule has 0 aliphatic carbocycles. The highest BCUT2D eigenvalue weighted by Gasteiger charge is 2.08. The summed E-state index contributed by atoms with van der Waals surface area (Å²) in [6.45, 7) is 2.05. The van der Waals surface area contributed by atoms with Gasteiger partial charge < -0.3 is 5.11 Å². The lowest BCUT2D eigenvalue weighted by Gasteiger charge is -1.97. The maximum atomic E-state index is 10.7. The molecule has 3 aromatic rings. The van der Waals surface area contributed by atoms with E-state index < -0.39 is 5.97 Å². The minimum atomic E-state index is -0.916. The largest absolute Gasteiger partial charge is 0.477 e. The van der Waals surface area contributed by atoms with Gasteiger partial charge in [-0.15, -0.1) is 11.3 Å². The molecule has 0 radical (unpaired) electrons. The van der Waals surface area contributed by atoms with E-state index in [2.05, 4.69) is 18.0 Å². The molecular formula is C17H15ClN2O2S2. The van der Waals surface area contributed by atoms with Crippen LogP contribution in [0.3, 0.4) is 0 Å². The fourth-order valence-electron chi connectivity index (χ4n) is 1.80. The summed E-state index contributed by atoms with van der Waals surface area (Å²) in [7, 11) is 0. The van der Waals surface area contributed by atoms with E-state index >= 15 is 0 Å². The first-order valence-corrected chi connectivity index (χ1v) is 8.96. The molecule has 0 amide bonds. The molecule has 2 aromatic heterocycles. The molecule has 0 atom stereocenters. The molecule has 4 nitrogen and oxygen atoms in total. The van der Waals surface area contributed by atoms with Gasteiger partial charge in [0, 0.05) is 11.1 Å². The highest BCUT2D eigenvalue weighted by Crippen LogP contribution is 2.27. The number of pyridine rings is 1. The van der Waals surface area contributed by atoms with Crippen molar-refractivity contribution in [3.05, 3.63) is 70.2 Å². The van der Waals surface area contributed by atoms with E-state index in [1.807, 2.05) is 18.2 Å². The monoisotopic (exact) mass is 378 g/mol. The number of aromatic nitrogens is 1. The smallest absolute Gasteiger partial charge is 0.345 e. The van der Waals surface area contributed by atoms with Crippen LogP contribution >= 0.6 is 34.9 Å². The second-order valence-corrected chi connectivity index (χ2v) is 6.91. The number of halogens is 1. The van der Waals surface area contributed by atoms with Gasteiger partial charge in [-0.05, 0) is 54.8 Å². The van der Waals surface area contributed by atoms with Crippen molar-refractivity contribution in [2.24, 2.45) is 5.14 Å². The number of aryl methyl sites for hydroxylation is 1. The molecule has 0 saturated carbocycles. The van der Waals surface area contributed by atoms with E-state index in [4.69, 9.17) is 21.8 Å². The molecule has 0 spiro atoms. The van der Waals surface area contributed by atoms with Gasteiger partial charge in [0.2, 0.25) is 0 Å².